The van der Waals surface area contributed by atoms with Gasteiger partial charge in [-0.1, -0.05) is 30.0 Å². The number of rotatable bonds is 5. The summed E-state index contributed by atoms with van der Waals surface area (Å²) in [5, 5.41) is 17.4. The normalized spacial score (nSPS) is 10.4. The van der Waals surface area contributed by atoms with Crippen molar-refractivity contribution in [1.82, 2.24) is 14.8 Å². The lowest BCUT2D eigenvalue weighted by Crippen LogP contribution is -2.14. The summed E-state index contributed by atoms with van der Waals surface area (Å²) in [5.74, 6) is -0.230. The average Bonchev–Trinajstić information content (AvgIpc) is 2.78. The van der Waals surface area contributed by atoms with Gasteiger partial charge in [-0.15, -0.1) is 10.2 Å². The van der Waals surface area contributed by atoms with Gasteiger partial charge in [0.1, 0.15) is 0 Å². The molecule has 0 fully saturated rings. The monoisotopic (exact) mass is 278 g/mol. The fourth-order valence-corrected chi connectivity index (χ4v) is 2.24. The van der Waals surface area contributed by atoms with Crippen LogP contribution in [0.1, 0.15) is 0 Å². The van der Waals surface area contributed by atoms with Crippen molar-refractivity contribution in [2.45, 2.75) is 5.16 Å². The van der Waals surface area contributed by atoms with E-state index < -0.39 is 5.97 Å². The predicted octanol–water partition coefficient (Wildman–Crippen LogP) is 1.76. The Hall–Kier alpha value is -2.02. The summed E-state index contributed by atoms with van der Waals surface area (Å²) in [5.41, 5.74) is 0.993. The summed E-state index contributed by atoms with van der Waals surface area (Å²) in [4.78, 5) is 12.5. The fraction of sp³-hybridized carbons (Fsp3) is 0.250. The van der Waals surface area contributed by atoms with Crippen LogP contribution in [0.3, 0.4) is 0 Å². The maximum absolute atomic E-state index is 10.6. The van der Waals surface area contributed by atoms with Gasteiger partial charge < -0.3 is 10.0 Å². The Bertz CT molecular complexity index is 570. The van der Waals surface area contributed by atoms with E-state index in [9.17, 15) is 4.79 Å². The van der Waals surface area contributed by atoms with E-state index in [0.717, 1.165) is 17.4 Å². The Kier molecular flexibility index (Phi) is 4.06. The molecule has 1 aromatic heterocycles. The van der Waals surface area contributed by atoms with Crippen molar-refractivity contribution in [2.24, 2.45) is 7.05 Å². The Morgan fingerprint density at radius 3 is 2.68 bits per heavy atom. The number of aliphatic carboxylic acids is 1. The molecule has 0 saturated heterocycles. The van der Waals surface area contributed by atoms with E-state index in [4.69, 9.17) is 5.11 Å². The van der Waals surface area contributed by atoms with Crippen LogP contribution in [-0.4, -0.2) is 38.6 Å². The predicted molar refractivity (Wildman–Crippen MR) is 73.9 cm³/mol. The van der Waals surface area contributed by atoms with E-state index in [1.807, 2.05) is 49.3 Å². The first kappa shape index (κ1) is 13.4. The summed E-state index contributed by atoms with van der Waals surface area (Å²) in [7, 11) is 3.71. The zero-order valence-electron chi connectivity index (χ0n) is 10.6. The number of para-hydroxylation sites is 1. The van der Waals surface area contributed by atoms with Crippen LogP contribution >= 0.6 is 11.8 Å². The Morgan fingerprint density at radius 2 is 2.05 bits per heavy atom. The van der Waals surface area contributed by atoms with Crippen LogP contribution in [-0.2, 0) is 11.8 Å². The third kappa shape index (κ3) is 3.05. The van der Waals surface area contributed by atoms with Crippen LogP contribution in [0.2, 0.25) is 0 Å². The number of benzene rings is 1. The first-order valence-corrected chi connectivity index (χ1v) is 6.61. The van der Waals surface area contributed by atoms with Crippen LogP contribution in [0.25, 0.3) is 0 Å². The van der Waals surface area contributed by atoms with Crippen molar-refractivity contribution in [2.75, 3.05) is 17.7 Å². The molecule has 6 nitrogen and oxygen atoms in total. The second-order valence-electron chi connectivity index (χ2n) is 3.92. The maximum Gasteiger partial charge on any atom is 0.313 e. The minimum Gasteiger partial charge on any atom is -0.481 e. The van der Waals surface area contributed by atoms with Crippen LogP contribution in [0.5, 0.6) is 0 Å². The highest BCUT2D eigenvalue weighted by Gasteiger charge is 2.14. The van der Waals surface area contributed by atoms with Gasteiger partial charge in [0.05, 0.1) is 5.75 Å². The van der Waals surface area contributed by atoms with Crippen molar-refractivity contribution in [3.63, 3.8) is 0 Å². The van der Waals surface area contributed by atoms with Crippen molar-refractivity contribution < 1.29 is 9.90 Å². The number of nitrogens with zero attached hydrogens (tertiary/aromatic N) is 4. The summed E-state index contributed by atoms with van der Waals surface area (Å²) < 4.78 is 1.78. The van der Waals surface area contributed by atoms with Crippen molar-refractivity contribution in [1.29, 1.82) is 0 Å². The molecule has 0 aliphatic heterocycles. The lowest BCUT2D eigenvalue weighted by atomic mass is 10.3. The Morgan fingerprint density at radius 1 is 1.37 bits per heavy atom. The third-order valence-corrected chi connectivity index (χ3v) is 3.59. The quantitative estimate of drug-likeness (QED) is 0.840. The molecule has 0 aliphatic carbocycles. The summed E-state index contributed by atoms with van der Waals surface area (Å²) in [6.45, 7) is 0. The van der Waals surface area contributed by atoms with Gasteiger partial charge in [0.2, 0.25) is 5.95 Å². The first-order chi connectivity index (χ1) is 9.09. The number of aromatic nitrogens is 3. The molecule has 0 atom stereocenters. The van der Waals surface area contributed by atoms with Gasteiger partial charge in [-0.25, -0.2) is 0 Å². The van der Waals surface area contributed by atoms with Crippen LogP contribution in [0.4, 0.5) is 11.6 Å². The van der Waals surface area contributed by atoms with E-state index in [-0.39, 0.29) is 5.75 Å². The number of carbonyl (C=O) groups is 1. The minimum atomic E-state index is -0.869. The van der Waals surface area contributed by atoms with E-state index in [2.05, 4.69) is 10.2 Å². The molecule has 0 radical (unpaired) electrons. The number of hydrogen-bond donors (Lipinski definition) is 1. The van der Waals surface area contributed by atoms with Crippen LogP contribution in [0.15, 0.2) is 35.5 Å². The molecule has 0 unspecified atom stereocenters. The molecular weight excluding hydrogens is 264 g/mol. The van der Waals surface area contributed by atoms with Gasteiger partial charge in [0.15, 0.2) is 5.16 Å². The van der Waals surface area contributed by atoms with Crippen LogP contribution < -0.4 is 4.90 Å². The van der Waals surface area contributed by atoms with Crippen molar-refractivity contribution in [3.8, 4) is 0 Å². The number of carboxylic acid groups (broad SMARTS) is 1. The highest BCUT2D eigenvalue weighted by atomic mass is 32.2. The van der Waals surface area contributed by atoms with Gasteiger partial charge in [-0.05, 0) is 12.1 Å². The van der Waals surface area contributed by atoms with Gasteiger partial charge >= 0.3 is 5.97 Å². The Labute approximate surface area is 115 Å². The number of hydrogen-bond acceptors (Lipinski definition) is 5. The second kappa shape index (κ2) is 5.75. The van der Waals surface area contributed by atoms with Gasteiger partial charge in [-0.2, -0.15) is 0 Å². The Balaban J connectivity index is 2.20. The molecule has 1 N–H and O–H groups in total. The SMILES string of the molecule is CN(c1ccccc1)c1nnc(SCC(=O)O)n1C. The minimum absolute atomic E-state index is 0.0268. The molecule has 0 bridgehead atoms. The smallest absolute Gasteiger partial charge is 0.313 e. The highest BCUT2D eigenvalue weighted by Crippen LogP contribution is 2.24. The number of carboxylic acids is 1. The molecule has 7 heteroatoms. The largest absolute Gasteiger partial charge is 0.481 e. The van der Waals surface area contributed by atoms with Gasteiger partial charge in [-0.3, -0.25) is 9.36 Å². The molecule has 0 aliphatic rings. The second-order valence-corrected chi connectivity index (χ2v) is 4.86. The zero-order valence-corrected chi connectivity index (χ0v) is 11.5. The number of anilines is 2. The van der Waals surface area contributed by atoms with E-state index in [1.165, 1.54) is 0 Å². The molecule has 100 valence electrons. The molecule has 2 aromatic rings. The summed E-state index contributed by atoms with van der Waals surface area (Å²) >= 11 is 1.15. The van der Waals surface area contributed by atoms with E-state index in [0.29, 0.717) is 11.1 Å². The van der Waals surface area contributed by atoms with E-state index >= 15 is 0 Å². The highest BCUT2D eigenvalue weighted by molar-refractivity contribution is 7.99. The van der Waals surface area contributed by atoms with Crippen LogP contribution in [0, 0.1) is 0 Å². The molecule has 19 heavy (non-hydrogen) atoms. The fourth-order valence-electron chi connectivity index (χ4n) is 1.62. The topological polar surface area (TPSA) is 71.2 Å². The standard InChI is InChI=1S/C12H14N4O2S/c1-15(9-6-4-3-5-7-9)11-13-14-12(16(11)2)19-8-10(17)18/h3-7H,8H2,1-2H3,(H,17,18). The van der Waals surface area contributed by atoms with E-state index in [1.54, 1.807) is 4.57 Å². The zero-order chi connectivity index (χ0) is 13.8. The molecule has 0 saturated carbocycles. The number of thioether (sulfide) groups is 1. The van der Waals surface area contributed by atoms with Gasteiger partial charge in [0, 0.05) is 19.8 Å². The van der Waals surface area contributed by atoms with Gasteiger partial charge in [0.25, 0.3) is 0 Å². The average molecular weight is 278 g/mol. The van der Waals surface area contributed by atoms with Crippen molar-refractivity contribution in [3.05, 3.63) is 30.3 Å². The molecule has 1 heterocycles. The lowest BCUT2D eigenvalue weighted by molar-refractivity contribution is -0.133. The maximum atomic E-state index is 10.6. The lowest BCUT2D eigenvalue weighted by Gasteiger charge is -2.17. The molecule has 0 amide bonds. The summed E-state index contributed by atoms with van der Waals surface area (Å²) in [6, 6.07) is 9.78. The molecule has 1 aromatic carbocycles. The molecular formula is C12H14N4O2S. The first-order valence-electron chi connectivity index (χ1n) is 5.62. The molecule has 2 rings (SSSR count). The molecule has 0 spiro atoms. The van der Waals surface area contributed by atoms with Crippen molar-refractivity contribution >= 4 is 29.4 Å². The third-order valence-electron chi connectivity index (χ3n) is 2.58. The summed E-state index contributed by atoms with van der Waals surface area (Å²) in [6.07, 6.45) is 0.